The van der Waals surface area contributed by atoms with E-state index in [-0.39, 0.29) is 11.9 Å². The molecule has 5 heteroatoms. The second kappa shape index (κ2) is 5.52. The number of rotatable bonds is 3. The van der Waals surface area contributed by atoms with Crippen molar-refractivity contribution in [1.29, 1.82) is 0 Å². The number of nitrogens with two attached hydrogens (primary N) is 1. The van der Waals surface area contributed by atoms with Gasteiger partial charge in [-0.1, -0.05) is 12.1 Å². The number of hydrogen-bond acceptors (Lipinski definition) is 3. The van der Waals surface area contributed by atoms with Crippen molar-refractivity contribution in [2.45, 2.75) is 6.04 Å². The van der Waals surface area contributed by atoms with Crippen molar-refractivity contribution in [3.63, 3.8) is 0 Å². The fourth-order valence-corrected chi connectivity index (χ4v) is 2.00. The van der Waals surface area contributed by atoms with E-state index in [1.165, 1.54) is 6.20 Å². The van der Waals surface area contributed by atoms with E-state index in [1.54, 1.807) is 12.3 Å². The van der Waals surface area contributed by atoms with Gasteiger partial charge in [-0.15, -0.1) is 0 Å². The standard InChI is InChI=1S/C12H11FIN3/c13-11-7-16-6-5-10(11)12(17-15)8-1-3-9(14)4-2-8/h1-7,12,17H,15H2. The van der Waals surface area contributed by atoms with Crippen LogP contribution >= 0.6 is 22.6 Å². The maximum Gasteiger partial charge on any atom is 0.146 e. The highest BCUT2D eigenvalue weighted by Gasteiger charge is 2.16. The zero-order valence-corrected chi connectivity index (χ0v) is 11.1. The van der Waals surface area contributed by atoms with Crippen LogP contribution in [0.2, 0.25) is 0 Å². The number of benzene rings is 1. The van der Waals surface area contributed by atoms with Crippen LogP contribution < -0.4 is 11.3 Å². The molecule has 0 spiro atoms. The molecule has 0 fully saturated rings. The van der Waals surface area contributed by atoms with Crippen LogP contribution in [0.1, 0.15) is 17.2 Å². The fourth-order valence-electron chi connectivity index (χ4n) is 1.64. The SMILES string of the molecule is NNC(c1ccc(I)cc1)c1ccncc1F. The lowest BCUT2D eigenvalue weighted by Crippen LogP contribution is -2.29. The van der Waals surface area contributed by atoms with Crippen LogP contribution in [0.4, 0.5) is 4.39 Å². The van der Waals surface area contributed by atoms with Gasteiger partial charge in [-0.2, -0.15) is 0 Å². The second-order valence-electron chi connectivity index (χ2n) is 3.55. The Morgan fingerprint density at radius 2 is 1.94 bits per heavy atom. The van der Waals surface area contributed by atoms with Gasteiger partial charge in [0, 0.05) is 15.3 Å². The molecule has 0 bridgehead atoms. The third-order valence-electron chi connectivity index (χ3n) is 2.48. The molecule has 2 aromatic rings. The summed E-state index contributed by atoms with van der Waals surface area (Å²) in [7, 11) is 0. The first-order valence-electron chi connectivity index (χ1n) is 5.03. The smallest absolute Gasteiger partial charge is 0.146 e. The normalized spacial score (nSPS) is 12.4. The summed E-state index contributed by atoms with van der Waals surface area (Å²) >= 11 is 2.22. The number of aromatic nitrogens is 1. The van der Waals surface area contributed by atoms with Crippen LogP contribution in [0, 0.1) is 9.39 Å². The number of halogens is 2. The third kappa shape index (κ3) is 2.80. The third-order valence-corrected chi connectivity index (χ3v) is 3.20. The van der Waals surface area contributed by atoms with Crippen LogP contribution in [0.15, 0.2) is 42.7 Å². The molecular weight excluding hydrogens is 332 g/mol. The van der Waals surface area contributed by atoms with E-state index >= 15 is 0 Å². The van der Waals surface area contributed by atoms with Crippen molar-refractivity contribution >= 4 is 22.6 Å². The van der Waals surface area contributed by atoms with E-state index in [9.17, 15) is 4.39 Å². The Labute approximate surface area is 112 Å². The Bertz CT molecular complexity index is 501. The van der Waals surface area contributed by atoms with Gasteiger partial charge in [0.05, 0.1) is 12.2 Å². The molecule has 17 heavy (non-hydrogen) atoms. The van der Waals surface area contributed by atoms with E-state index in [4.69, 9.17) is 5.84 Å². The average molecular weight is 343 g/mol. The van der Waals surface area contributed by atoms with Gasteiger partial charge >= 0.3 is 0 Å². The molecule has 1 heterocycles. The van der Waals surface area contributed by atoms with E-state index < -0.39 is 0 Å². The summed E-state index contributed by atoms with van der Waals surface area (Å²) in [5.74, 6) is 5.14. The quantitative estimate of drug-likeness (QED) is 0.511. The first-order valence-corrected chi connectivity index (χ1v) is 6.11. The lowest BCUT2D eigenvalue weighted by Gasteiger charge is -2.17. The van der Waals surface area contributed by atoms with E-state index in [0.717, 1.165) is 9.13 Å². The number of nitrogens with one attached hydrogen (secondary N) is 1. The minimum atomic E-state index is -0.367. The predicted octanol–water partition coefficient (Wildman–Crippen LogP) is 2.38. The van der Waals surface area contributed by atoms with Gasteiger partial charge < -0.3 is 0 Å². The molecule has 2 rings (SSSR count). The van der Waals surface area contributed by atoms with Gasteiger partial charge in [0.25, 0.3) is 0 Å². The Balaban J connectivity index is 2.40. The summed E-state index contributed by atoms with van der Waals surface area (Å²) in [4.78, 5) is 3.72. The van der Waals surface area contributed by atoms with Crippen LogP contribution in [0.5, 0.6) is 0 Å². The number of nitrogens with zero attached hydrogens (tertiary/aromatic N) is 1. The largest absolute Gasteiger partial charge is 0.271 e. The Kier molecular flexibility index (Phi) is 4.03. The minimum Gasteiger partial charge on any atom is -0.271 e. The van der Waals surface area contributed by atoms with E-state index in [1.807, 2.05) is 24.3 Å². The summed E-state index contributed by atoms with van der Waals surface area (Å²) in [6.45, 7) is 0. The fraction of sp³-hybridized carbons (Fsp3) is 0.0833. The molecule has 0 amide bonds. The Hall–Kier alpha value is -1.05. The molecule has 0 radical (unpaired) electrons. The molecule has 0 saturated carbocycles. The molecule has 1 atom stereocenters. The van der Waals surface area contributed by atoms with Crippen molar-refractivity contribution in [1.82, 2.24) is 10.4 Å². The first-order chi connectivity index (χ1) is 8.22. The van der Waals surface area contributed by atoms with Crippen LogP contribution in [0.3, 0.4) is 0 Å². The maximum atomic E-state index is 13.6. The summed E-state index contributed by atoms with van der Waals surface area (Å²) in [5, 5.41) is 0. The molecule has 0 saturated heterocycles. The van der Waals surface area contributed by atoms with E-state index in [0.29, 0.717) is 5.56 Å². The van der Waals surface area contributed by atoms with Crippen molar-refractivity contribution in [3.8, 4) is 0 Å². The molecule has 0 aliphatic rings. The Morgan fingerprint density at radius 3 is 2.53 bits per heavy atom. The number of hydrazine groups is 1. The van der Waals surface area contributed by atoms with Crippen LogP contribution in [0.25, 0.3) is 0 Å². The highest BCUT2D eigenvalue weighted by molar-refractivity contribution is 14.1. The van der Waals surface area contributed by atoms with Gasteiger partial charge in [-0.3, -0.25) is 10.8 Å². The summed E-state index contributed by atoms with van der Waals surface area (Å²) in [6.07, 6.45) is 2.74. The average Bonchev–Trinajstić information content (AvgIpc) is 2.35. The maximum absolute atomic E-state index is 13.6. The minimum absolute atomic E-state index is 0.366. The summed E-state index contributed by atoms with van der Waals surface area (Å²) < 4.78 is 14.8. The van der Waals surface area contributed by atoms with Gasteiger partial charge in [0.1, 0.15) is 5.82 Å². The lowest BCUT2D eigenvalue weighted by molar-refractivity contribution is 0.555. The van der Waals surface area contributed by atoms with Gasteiger partial charge in [0.2, 0.25) is 0 Å². The van der Waals surface area contributed by atoms with Gasteiger partial charge in [-0.05, 0) is 46.4 Å². The molecule has 0 aliphatic carbocycles. The molecule has 3 nitrogen and oxygen atoms in total. The van der Waals surface area contributed by atoms with Crippen molar-refractivity contribution in [2.75, 3.05) is 0 Å². The summed E-state index contributed by atoms with van der Waals surface area (Å²) in [6, 6.07) is 9.02. The predicted molar refractivity (Wildman–Crippen MR) is 72.5 cm³/mol. The zero-order valence-electron chi connectivity index (χ0n) is 8.90. The number of hydrogen-bond donors (Lipinski definition) is 2. The van der Waals surface area contributed by atoms with Crippen molar-refractivity contribution < 1.29 is 4.39 Å². The summed E-state index contributed by atoms with van der Waals surface area (Å²) in [5.41, 5.74) is 4.03. The molecule has 1 aromatic carbocycles. The number of pyridine rings is 1. The monoisotopic (exact) mass is 343 g/mol. The lowest BCUT2D eigenvalue weighted by atomic mass is 10.00. The molecular formula is C12H11FIN3. The highest BCUT2D eigenvalue weighted by Crippen LogP contribution is 2.23. The molecule has 0 aliphatic heterocycles. The molecule has 1 aromatic heterocycles. The molecule has 3 N–H and O–H groups in total. The Morgan fingerprint density at radius 1 is 1.24 bits per heavy atom. The van der Waals surface area contributed by atoms with E-state index in [2.05, 4.69) is 33.0 Å². The molecule has 88 valence electrons. The van der Waals surface area contributed by atoms with Gasteiger partial charge in [0.15, 0.2) is 0 Å². The topological polar surface area (TPSA) is 50.9 Å². The highest BCUT2D eigenvalue weighted by atomic mass is 127. The van der Waals surface area contributed by atoms with Crippen molar-refractivity contribution in [2.24, 2.45) is 5.84 Å². The van der Waals surface area contributed by atoms with Gasteiger partial charge in [-0.25, -0.2) is 9.82 Å². The van der Waals surface area contributed by atoms with Crippen LogP contribution in [-0.2, 0) is 0 Å². The molecule has 1 unspecified atom stereocenters. The second-order valence-corrected chi connectivity index (χ2v) is 4.79. The van der Waals surface area contributed by atoms with Crippen LogP contribution in [-0.4, -0.2) is 4.98 Å². The first kappa shape index (κ1) is 12.4. The van der Waals surface area contributed by atoms with Crippen molar-refractivity contribution in [3.05, 3.63) is 63.2 Å². The zero-order chi connectivity index (χ0) is 12.3.